The molecular weight excluding hydrogens is 467 g/mol. The molecule has 9 heteroatoms. The van der Waals surface area contributed by atoms with Crippen molar-refractivity contribution in [3.05, 3.63) is 58.1 Å². The van der Waals surface area contributed by atoms with Crippen molar-refractivity contribution in [2.45, 2.75) is 19.3 Å². The molecule has 4 atom stereocenters. The van der Waals surface area contributed by atoms with Crippen molar-refractivity contribution < 1.29 is 23.9 Å². The first-order chi connectivity index (χ1) is 15.8. The number of benzene rings is 2. The Labute approximate surface area is 200 Å². The lowest BCUT2D eigenvalue weighted by molar-refractivity contribution is -0.123. The number of anilines is 2. The summed E-state index contributed by atoms with van der Waals surface area (Å²) < 4.78 is 5.11. The van der Waals surface area contributed by atoms with Crippen LogP contribution >= 0.6 is 23.2 Å². The van der Waals surface area contributed by atoms with Crippen LogP contribution in [0.1, 0.15) is 29.6 Å². The number of amides is 3. The van der Waals surface area contributed by atoms with Crippen molar-refractivity contribution in [1.82, 2.24) is 0 Å². The van der Waals surface area contributed by atoms with E-state index in [2.05, 4.69) is 5.32 Å². The largest absolute Gasteiger partial charge is 0.452 e. The maximum Gasteiger partial charge on any atom is 0.338 e. The molecule has 0 spiro atoms. The number of fused-ring (bicyclic) bond motifs is 5. The van der Waals surface area contributed by atoms with Crippen molar-refractivity contribution in [3.63, 3.8) is 0 Å². The van der Waals surface area contributed by atoms with E-state index in [1.807, 2.05) is 0 Å². The zero-order valence-electron chi connectivity index (χ0n) is 17.4. The number of imide groups is 1. The van der Waals surface area contributed by atoms with Crippen LogP contribution in [0.2, 0.25) is 10.0 Å². The van der Waals surface area contributed by atoms with Gasteiger partial charge in [-0.3, -0.25) is 19.3 Å². The highest BCUT2D eigenvalue weighted by Crippen LogP contribution is 2.56. The van der Waals surface area contributed by atoms with E-state index in [-0.39, 0.29) is 46.1 Å². The van der Waals surface area contributed by atoms with Crippen LogP contribution in [-0.4, -0.2) is 30.3 Å². The zero-order chi connectivity index (χ0) is 23.3. The van der Waals surface area contributed by atoms with Gasteiger partial charge in [0.25, 0.3) is 5.91 Å². The van der Waals surface area contributed by atoms with Crippen molar-refractivity contribution in [2.24, 2.45) is 23.7 Å². The molecule has 3 fully saturated rings. The second-order valence-electron chi connectivity index (χ2n) is 8.70. The number of esters is 1. The Morgan fingerprint density at radius 2 is 1.67 bits per heavy atom. The number of carbonyl (C=O) groups excluding carboxylic acids is 4. The number of carbonyl (C=O) groups is 4. The third kappa shape index (κ3) is 3.89. The maximum absolute atomic E-state index is 13.0. The van der Waals surface area contributed by atoms with E-state index in [0.29, 0.717) is 16.4 Å². The quantitative estimate of drug-likeness (QED) is 0.501. The molecule has 1 N–H and O–H groups in total. The summed E-state index contributed by atoms with van der Waals surface area (Å²) in [4.78, 5) is 51.9. The van der Waals surface area contributed by atoms with Crippen LogP contribution in [0, 0.1) is 23.7 Å². The molecule has 0 unspecified atom stereocenters. The fourth-order valence-corrected chi connectivity index (χ4v) is 5.72. The van der Waals surface area contributed by atoms with Crippen molar-refractivity contribution in [3.8, 4) is 0 Å². The highest BCUT2D eigenvalue weighted by atomic mass is 35.5. The first kappa shape index (κ1) is 21.9. The molecule has 0 aromatic heterocycles. The average Bonchev–Trinajstić information content (AvgIpc) is 3.48. The summed E-state index contributed by atoms with van der Waals surface area (Å²) in [6.45, 7) is -0.515. The summed E-state index contributed by atoms with van der Waals surface area (Å²) in [7, 11) is 0. The lowest BCUT2D eigenvalue weighted by atomic mass is 9.81. The second kappa shape index (κ2) is 8.47. The Hall–Kier alpha value is -2.90. The molecule has 2 aliphatic carbocycles. The predicted molar refractivity (Wildman–Crippen MR) is 122 cm³/mol. The van der Waals surface area contributed by atoms with Crippen LogP contribution in [0.3, 0.4) is 0 Å². The molecule has 1 heterocycles. The van der Waals surface area contributed by atoms with Crippen LogP contribution in [0.5, 0.6) is 0 Å². The molecule has 33 heavy (non-hydrogen) atoms. The molecule has 170 valence electrons. The minimum Gasteiger partial charge on any atom is -0.452 e. The number of rotatable bonds is 5. The lowest BCUT2D eigenvalue weighted by Crippen LogP contribution is -2.32. The summed E-state index contributed by atoms with van der Waals surface area (Å²) >= 11 is 11.8. The molecule has 0 radical (unpaired) electrons. The van der Waals surface area contributed by atoms with Crippen molar-refractivity contribution in [2.75, 3.05) is 16.8 Å². The van der Waals surface area contributed by atoms with Gasteiger partial charge in [0.1, 0.15) is 0 Å². The minimum atomic E-state index is -0.736. The standard InChI is InChI=1S/C24H20Cl2N2O5/c25-17-7-6-15(10-18(17)26)27-19(29)11-33-24(32)14-2-1-3-16(9-14)28-22(30)20-12-4-5-13(8-12)21(20)23(28)31/h1-3,6-7,9-10,12-13,20-21H,4-5,8,11H2,(H,27,29)/t12-,13-,20-,21+/m0/s1. The van der Waals surface area contributed by atoms with E-state index < -0.39 is 18.5 Å². The lowest BCUT2D eigenvalue weighted by Gasteiger charge is -2.19. The van der Waals surface area contributed by atoms with E-state index >= 15 is 0 Å². The van der Waals surface area contributed by atoms with Crippen LogP contribution in [0.4, 0.5) is 11.4 Å². The van der Waals surface area contributed by atoms with Gasteiger partial charge in [0.15, 0.2) is 6.61 Å². The van der Waals surface area contributed by atoms with Gasteiger partial charge in [-0.1, -0.05) is 29.3 Å². The number of ether oxygens (including phenoxy) is 1. The van der Waals surface area contributed by atoms with E-state index in [4.69, 9.17) is 27.9 Å². The number of hydrogen-bond acceptors (Lipinski definition) is 5. The smallest absolute Gasteiger partial charge is 0.338 e. The molecule has 1 aliphatic heterocycles. The summed E-state index contributed by atoms with van der Waals surface area (Å²) in [5.74, 6) is -1.56. The molecule has 5 rings (SSSR count). The molecule has 3 aliphatic rings. The van der Waals surface area contributed by atoms with Gasteiger partial charge in [-0.25, -0.2) is 4.79 Å². The predicted octanol–water partition coefficient (Wildman–Crippen LogP) is 4.32. The average molecular weight is 487 g/mol. The van der Waals surface area contributed by atoms with Crippen LogP contribution < -0.4 is 10.2 Å². The monoisotopic (exact) mass is 486 g/mol. The van der Waals surface area contributed by atoms with Crippen molar-refractivity contribution in [1.29, 1.82) is 0 Å². The third-order valence-electron chi connectivity index (χ3n) is 6.81. The highest BCUT2D eigenvalue weighted by Gasteiger charge is 2.61. The first-order valence-corrected chi connectivity index (χ1v) is 11.5. The van der Waals surface area contributed by atoms with Gasteiger partial charge in [-0.2, -0.15) is 0 Å². The topological polar surface area (TPSA) is 92.8 Å². The Bertz CT molecular complexity index is 1160. The van der Waals surface area contributed by atoms with E-state index in [1.165, 1.54) is 29.2 Å². The molecule has 3 amide bonds. The van der Waals surface area contributed by atoms with E-state index in [0.717, 1.165) is 19.3 Å². The molecule has 2 saturated carbocycles. The Balaban J connectivity index is 1.24. The minimum absolute atomic E-state index is 0.149. The SMILES string of the molecule is O=C(COC(=O)c1cccc(N2C(=O)[C@@H]3[C@H]4CC[C@@H](C4)[C@@H]3C2=O)c1)Nc1ccc(Cl)c(Cl)c1. The number of halogens is 2. The van der Waals surface area contributed by atoms with E-state index in [9.17, 15) is 19.2 Å². The molecule has 2 aromatic rings. The van der Waals surface area contributed by atoms with Gasteiger partial charge in [0, 0.05) is 5.69 Å². The van der Waals surface area contributed by atoms with Gasteiger partial charge in [0.2, 0.25) is 11.8 Å². The fraction of sp³-hybridized carbons (Fsp3) is 0.333. The van der Waals surface area contributed by atoms with E-state index in [1.54, 1.807) is 18.2 Å². The first-order valence-electron chi connectivity index (χ1n) is 10.7. The highest BCUT2D eigenvalue weighted by molar-refractivity contribution is 6.42. The zero-order valence-corrected chi connectivity index (χ0v) is 18.9. The normalized spacial score (nSPS) is 25.3. The Morgan fingerprint density at radius 1 is 0.970 bits per heavy atom. The Kier molecular flexibility index (Phi) is 5.62. The number of hydrogen-bond donors (Lipinski definition) is 1. The van der Waals surface area contributed by atoms with Crippen LogP contribution in [0.25, 0.3) is 0 Å². The molecular formula is C24H20Cl2N2O5. The summed E-state index contributed by atoms with van der Waals surface area (Å²) in [5, 5.41) is 3.20. The maximum atomic E-state index is 13.0. The fourth-order valence-electron chi connectivity index (χ4n) is 5.42. The van der Waals surface area contributed by atoms with Gasteiger partial charge >= 0.3 is 5.97 Å². The summed E-state index contributed by atoms with van der Waals surface area (Å²) in [5.41, 5.74) is 0.919. The third-order valence-corrected chi connectivity index (χ3v) is 7.54. The van der Waals surface area contributed by atoms with Gasteiger partial charge < -0.3 is 10.1 Å². The van der Waals surface area contributed by atoms with Crippen LogP contribution in [0.15, 0.2) is 42.5 Å². The number of nitrogens with one attached hydrogen (secondary N) is 1. The Morgan fingerprint density at radius 3 is 2.33 bits per heavy atom. The molecule has 2 aromatic carbocycles. The van der Waals surface area contributed by atoms with Gasteiger partial charge in [-0.05, 0) is 67.5 Å². The number of nitrogens with zero attached hydrogens (tertiary/aromatic N) is 1. The summed E-state index contributed by atoms with van der Waals surface area (Å²) in [6.07, 6.45) is 2.95. The van der Waals surface area contributed by atoms with Crippen LogP contribution in [-0.2, 0) is 19.1 Å². The molecule has 1 saturated heterocycles. The second-order valence-corrected chi connectivity index (χ2v) is 9.51. The molecule has 7 nitrogen and oxygen atoms in total. The molecule has 2 bridgehead atoms. The summed E-state index contributed by atoms with van der Waals surface area (Å²) in [6, 6.07) is 10.8. The van der Waals surface area contributed by atoms with Crippen molar-refractivity contribution >= 4 is 58.3 Å². The van der Waals surface area contributed by atoms with Gasteiger partial charge in [-0.15, -0.1) is 0 Å². The van der Waals surface area contributed by atoms with Gasteiger partial charge in [0.05, 0.1) is 33.1 Å².